The van der Waals surface area contributed by atoms with Crippen LogP contribution in [0.1, 0.15) is 19.3 Å². The van der Waals surface area contributed by atoms with Crippen LogP contribution in [0.25, 0.3) is 10.3 Å². The number of pyridine rings is 1. The maximum Gasteiger partial charge on any atom is 0.251 e. The summed E-state index contributed by atoms with van der Waals surface area (Å²) in [6.07, 6.45) is 2.73. The van der Waals surface area contributed by atoms with Gasteiger partial charge in [0.2, 0.25) is 0 Å². The average Bonchev–Trinajstić information content (AvgIpc) is 2.75. The number of fused-ring (bicyclic) bond motifs is 1. The number of rotatable bonds is 4. The van der Waals surface area contributed by atoms with Crippen LogP contribution in [-0.4, -0.2) is 35.8 Å². The molecule has 2 aliphatic rings. The molecule has 0 N–H and O–H groups in total. The number of thiazole rings is 1. The van der Waals surface area contributed by atoms with Crippen LogP contribution in [0, 0.1) is 11.7 Å². The van der Waals surface area contributed by atoms with Gasteiger partial charge in [0.1, 0.15) is 16.5 Å². The first-order valence-electron chi connectivity index (χ1n) is 7.18. The second kappa shape index (κ2) is 5.05. The fourth-order valence-corrected chi connectivity index (χ4v) is 3.42. The Morgan fingerprint density at radius 1 is 1.33 bits per heavy atom. The fourth-order valence-electron chi connectivity index (χ4n) is 2.49. The minimum Gasteiger partial charge on any atom is -0.475 e. The Morgan fingerprint density at radius 2 is 2.14 bits per heavy atom. The van der Waals surface area contributed by atoms with Crippen LogP contribution in [0.3, 0.4) is 0 Å². The van der Waals surface area contributed by atoms with E-state index in [1.165, 1.54) is 23.8 Å². The van der Waals surface area contributed by atoms with Crippen LogP contribution in [0.4, 0.5) is 13.9 Å². The highest BCUT2D eigenvalue weighted by atomic mass is 32.1. The fraction of sp³-hybridized carbons (Fsp3) is 0.571. The van der Waals surface area contributed by atoms with Gasteiger partial charge in [-0.3, -0.25) is 0 Å². The lowest BCUT2D eigenvalue weighted by molar-refractivity contribution is 0.170. The Hall–Kier alpha value is -1.50. The van der Waals surface area contributed by atoms with Crippen LogP contribution in [0.2, 0.25) is 0 Å². The maximum atomic E-state index is 14.0. The van der Waals surface area contributed by atoms with Crippen molar-refractivity contribution in [3.8, 4) is 5.88 Å². The molecule has 1 aliphatic carbocycles. The van der Waals surface area contributed by atoms with Gasteiger partial charge in [-0.2, -0.15) is 4.98 Å². The second-order valence-corrected chi connectivity index (χ2v) is 6.66. The summed E-state index contributed by atoms with van der Waals surface area (Å²) < 4.78 is 32.4. The molecule has 0 spiro atoms. The Kier molecular flexibility index (Phi) is 3.17. The SMILES string of the molecule is Fc1cc2nc(N3CC(F)C3)sc2nc1OCC1CCC1. The van der Waals surface area contributed by atoms with E-state index in [4.69, 9.17) is 4.74 Å². The van der Waals surface area contributed by atoms with E-state index in [0.29, 0.717) is 41.1 Å². The zero-order valence-electron chi connectivity index (χ0n) is 11.4. The average molecular weight is 311 g/mol. The molecule has 0 unspecified atom stereocenters. The van der Waals surface area contributed by atoms with Gasteiger partial charge in [0, 0.05) is 6.07 Å². The van der Waals surface area contributed by atoms with Crippen molar-refractivity contribution in [3.05, 3.63) is 11.9 Å². The van der Waals surface area contributed by atoms with Crippen LogP contribution in [0.5, 0.6) is 5.88 Å². The van der Waals surface area contributed by atoms with E-state index in [1.54, 1.807) is 0 Å². The minimum absolute atomic E-state index is 0.0524. The molecule has 3 heterocycles. The summed E-state index contributed by atoms with van der Waals surface area (Å²) in [7, 11) is 0. The molecule has 2 aromatic rings. The predicted molar refractivity (Wildman–Crippen MR) is 77.3 cm³/mol. The van der Waals surface area contributed by atoms with Crippen LogP contribution >= 0.6 is 11.3 Å². The van der Waals surface area contributed by atoms with Crippen molar-refractivity contribution in [3.63, 3.8) is 0 Å². The molecule has 1 saturated heterocycles. The standard InChI is InChI=1S/C14H15F2N3OS/c15-9-5-19(6-9)14-17-11-4-10(16)12(18-13(11)21-14)20-7-8-2-1-3-8/h4,8-9H,1-3,5-7H2. The van der Waals surface area contributed by atoms with Gasteiger partial charge in [-0.1, -0.05) is 17.8 Å². The van der Waals surface area contributed by atoms with Crippen LogP contribution in [0.15, 0.2) is 6.07 Å². The number of anilines is 1. The monoisotopic (exact) mass is 311 g/mol. The molecule has 21 heavy (non-hydrogen) atoms. The van der Waals surface area contributed by atoms with Gasteiger partial charge in [0.05, 0.1) is 19.7 Å². The third-order valence-corrected chi connectivity index (χ3v) is 5.11. The molecule has 1 saturated carbocycles. The van der Waals surface area contributed by atoms with Crippen molar-refractivity contribution in [1.29, 1.82) is 0 Å². The third kappa shape index (κ3) is 2.43. The first kappa shape index (κ1) is 13.2. The molecule has 112 valence electrons. The van der Waals surface area contributed by atoms with Crippen molar-refractivity contribution >= 4 is 26.8 Å². The first-order valence-corrected chi connectivity index (χ1v) is 7.99. The minimum atomic E-state index is -0.789. The van der Waals surface area contributed by atoms with Gasteiger partial charge in [0.15, 0.2) is 10.9 Å². The van der Waals surface area contributed by atoms with Crippen molar-refractivity contribution in [1.82, 2.24) is 9.97 Å². The lowest BCUT2D eigenvalue weighted by Gasteiger charge is -2.33. The molecule has 4 nitrogen and oxygen atoms in total. The zero-order valence-corrected chi connectivity index (χ0v) is 12.2. The maximum absolute atomic E-state index is 14.0. The highest BCUT2D eigenvalue weighted by Crippen LogP contribution is 2.33. The van der Waals surface area contributed by atoms with Crippen LogP contribution < -0.4 is 9.64 Å². The summed E-state index contributed by atoms with van der Waals surface area (Å²) in [5.41, 5.74) is 0.505. The number of hydrogen-bond donors (Lipinski definition) is 0. The molecule has 2 fully saturated rings. The van der Waals surface area contributed by atoms with Crippen LogP contribution in [-0.2, 0) is 0 Å². The van der Waals surface area contributed by atoms with Gasteiger partial charge in [-0.15, -0.1) is 0 Å². The lowest BCUT2D eigenvalue weighted by atomic mass is 9.86. The number of alkyl halides is 1. The van der Waals surface area contributed by atoms with Gasteiger partial charge in [-0.25, -0.2) is 13.8 Å². The molecule has 7 heteroatoms. The molecule has 0 atom stereocenters. The molecular formula is C14H15F2N3OS. The number of ether oxygens (including phenoxy) is 1. The summed E-state index contributed by atoms with van der Waals surface area (Å²) in [6.45, 7) is 1.23. The molecule has 0 aromatic carbocycles. The third-order valence-electron chi connectivity index (χ3n) is 4.08. The van der Waals surface area contributed by atoms with Crippen molar-refractivity contribution in [2.75, 3.05) is 24.6 Å². The second-order valence-electron chi connectivity index (χ2n) is 5.71. The summed E-state index contributed by atoms with van der Waals surface area (Å²) in [6, 6.07) is 1.35. The highest BCUT2D eigenvalue weighted by molar-refractivity contribution is 7.21. The molecule has 0 bridgehead atoms. The Labute approximate surface area is 124 Å². The number of aromatic nitrogens is 2. The smallest absolute Gasteiger partial charge is 0.251 e. The van der Waals surface area contributed by atoms with E-state index in [0.717, 1.165) is 12.8 Å². The molecule has 1 aliphatic heterocycles. The lowest BCUT2D eigenvalue weighted by Crippen LogP contribution is -2.48. The number of hydrogen-bond acceptors (Lipinski definition) is 5. The van der Waals surface area contributed by atoms with E-state index < -0.39 is 12.0 Å². The molecular weight excluding hydrogens is 296 g/mol. The Balaban J connectivity index is 1.55. The molecule has 4 rings (SSSR count). The van der Waals surface area contributed by atoms with E-state index in [1.807, 2.05) is 4.90 Å². The summed E-state index contributed by atoms with van der Waals surface area (Å²) in [4.78, 5) is 11.0. The highest BCUT2D eigenvalue weighted by Gasteiger charge is 2.29. The Morgan fingerprint density at radius 3 is 2.81 bits per heavy atom. The van der Waals surface area contributed by atoms with Gasteiger partial charge in [-0.05, 0) is 18.8 Å². The number of nitrogens with zero attached hydrogens (tertiary/aromatic N) is 3. The van der Waals surface area contributed by atoms with Crippen molar-refractivity contribution in [2.24, 2.45) is 5.92 Å². The topological polar surface area (TPSA) is 38.2 Å². The first-order chi connectivity index (χ1) is 10.2. The van der Waals surface area contributed by atoms with Gasteiger partial charge < -0.3 is 9.64 Å². The zero-order chi connectivity index (χ0) is 14.4. The number of halogens is 2. The predicted octanol–water partition coefficient (Wildman–Crippen LogP) is 3.17. The van der Waals surface area contributed by atoms with E-state index >= 15 is 0 Å². The summed E-state index contributed by atoms with van der Waals surface area (Å²) in [5.74, 6) is 0.101. The van der Waals surface area contributed by atoms with E-state index in [-0.39, 0.29) is 5.88 Å². The van der Waals surface area contributed by atoms with Gasteiger partial charge in [0.25, 0.3) is 5.88 Å². The summed E-state index contributed by atoms with van der Waals surface area (Å²) in [5, 5.41) is 0.696. The molecule has 0 radical (unpaired) electrons. The van der Waals surface area contributed by atoms with E-state index in [2.05, 4.69) is 9.97 Å². The Bertz CT molecular complexity index is 668. The van der Waals surface area contributed by atoms with Crippen molar-refractivity contribution < 1.29 is 13.5 Å². The van der Waals surface area contributed by atoms with E-state index in [9.17, 15) is 8.78 Å². The largest absolute Gasteiger partial charge is 0.475 e. The molecule has 0 amide bonds. The normalized spacial score (nSPS) is 19.6. The molecule has 2 aromatic heterocycles. The van der Waals surface area contributed by atoms with Crippen molar-refractivity contribution in [2.45, 2.75) is 25.4 Å². The quantitative estimate of drug-likeness (QED) is 0.869. The van der Waals surface area contributed by atoms with Gasteiger partial charge >= 0.3 is 0 Å². The summed E-state index contributed by atoms with van der Waals surface area (Å²) >= 11 is 1.35.